The molecular formula is C12H18BrNS. The van der Waals surface area contributed by atoms with Crippen molar-refractivity contribution in [3.05, 3.63) is 28.2 Å². The van der Waals surface area contributed by atoms with Crippen LogP contribution in [0.25, 0.3) is 0 Å². The van der Waals surface area contributed by atoms with E-state index in [0.29, 0.717) is 0 Å². The van der Waals surface area contributed by atoms with Crippen LogP contribution in [0.5, 0.6) is 0 Å². The Morgan fingerprint density at radius 3 is 2.80 bits per heavy atom. The Hall–Kier alpha value is -0.150. The summed E-state index contributed by atoms with van der Waals surface area (Å²) in [5.74, 6) is 3.09. The molecule has 0 fully saturated rings. The lowest BCUT2D eigenvalue weighted by Crippen LogP contribution is -1.96. The van der Waals surface area contributed by atoms with E-state index in [1.807, 2.05) is 23.9 Å². The number of hydrogen-bond acceptors (Lipinski definition) is 2. The zero-order chi connectivity index (χ0) is 11.3. The summed E-state index contributed by atoms with van der Waals surface area (Å²) in [5, 5.41) is 0. The maximum Gasteiger partial charge on any atom is 0.0461 e. The predicted octanol–water partition coefficient (Wildman–Crippen LogP) is 4.31. The molecule has 0 aliphatic carbocycles. The van der Waals surface area contributed by atoms with Crippen molar-refractivity contribution >= 4 is 33.4 Å². The SMILES string of the molecule is CCC(C)CSCc1ccc(Br)c(N)c1. The van der Waals surface area contributed by atoms with Gasteiger partial charge in [0.1, 0.15) is 0 Å². The fourth-order valence-electron chi connectivity index (χ4n) is 1.18. The summed E-state index contributed by atoms with van der Waals surface area (Å²) in [7, 11) is 0. The van der Waals surface area contributed by atoms with Crippen LogP contribution < -0.4 is 5.73 Å². The number of rotatable bonds is 5. The zero-order valence-electron chi connectivity index (χ0n) is 9.29. The molecule has 0 aliphatic rings. The third-order valence-corrected chi connectivity index (χ3v) is 4.49. The number of nitrogen functional groups attached to an aromatic ring is 1. The molecule has 0 saturated heterocycles. The molecule has 1 atom stereocenters. The summed E-state index contributed by atoms with van der Waals surface area (Å²) >= 11 is 5.38. The van der Waals surface area contributed by atoms with Crippen molar-refractivity contribution in [1.82, 2.24) is 0 Å². The van der Waals surface area contributed by atoms with Gasteiger partial charge in [0.25, 0.3) is 0 Å². The third-order valence-electron chi connectivity index (χ3n) is 2.43. The first-order valence-corrected chi connectivity index (χ1v) is 7.20. The normalized spacial score (nSPS) is 12.7. The minimum Gasteiger partial charge on any atom is -0.398 e. The van der Waals surface area contributed by atoms with E-state index < -0.39 is 0 Å². The molecule has 0 saturated carbocycles. The van der Waals surface area contributed by atoms with Crippen LogP contribution in [0.4, 0.5) is 5.69 Å². The Bertz CT molecular complexity index is 314. The molecule has 0 aromatic heterocycles. The molecule has 1 rings (SSSR count). The first-order chi connectivity index (χ1) is 7.13. The molecule has 15 heavy (non-hydrogen) atoms. The summed E-state index contributed by atoms with van der Waals surface area (Å²) in [6.07, 6.45) is 1.26. The van der Waals surface area contributed by atoms with Crippen LogP contribution in [0.3, 0.4) is 0 Å². The molecule has 84 valence electrons. The number of nitrogens with two attached hydrogens (primary N) is 1. The first-order valence-electron chi connectivity index (χ1n) is 5.25. The van der Waals surface area contributed by atoms with Crippen molar-refractivity contribution in [1.29, 1.82) is 0 Å². The molecule has 1 aromatic carbocycles. The lowest BCUT2D eigenvalue weighted by molar-refractivity contribution is 0.637. The van der Waals surface area contributed by atoms with E-state index in [2.05, 4.69) is 35.8 Å². The van der Waals surface area contributed by atoms with Gasteiger partial charge in [-0.3, -0.25) is 0 Å². The second-order valence-electron chi connectivity index (χ2n) is 3.88. The van der Waals surface area contributed by atoms with E-state index in [1.165, 1.54) is 17.7 Å². The van der Waals surface area contributed by atoms with Gasteiger partial charge in [0.15, 0.2) is 0 Å². The number of hydrogen-bond donors (Lipinski definition) is 1. The van der Waals surface area contributed by atoms with E-state index in [0.717, 1.165) is 21.8 Å². The fourth-order valence-corrected chi connectivity index (χ4v) is 2.60. The zero-order valence-corrected chi connectivity index (χ0v) is 11.7. The highest BCUT2D eigenvalue weighted by atomic mass is 79.9. The molecule has 0 amide bonds. The van der Waals surface area contributed by atoms with Crippen molar-refractivity contribution in [2.45, 2.75) is 26.0 Å². The van der Waals surface area contributed by atoms with E-state index in [4.69, 9.17) is 5.73 Å². The minimum absolute atomic E-state index is 0.808. The average Bonchev–Trinajstić information content (AvgIpc) is 2.23. The smallest absolute Gasteiger partial charge is 0.0461 e. The van der Waals surface area contributed by atoms with Crippen LogP contribution in [-0.2, 0) is 5.75 Å². The van der Waals surface area contributed by atoms with Gasteiger partial charge in [-0.25, -0.2) is 0 Å². The van der Waals surface area contributed by atoms with Crippen molar-refractivity contribution in [3.63, 3.8) is 0 Å². The average molecular weight is 288 g/mol. The van der Waals surface area contributed by atoms with Crippen LogP contribution in [0.1, 0.15) is 25.8 Å². The molecule has 0 spiro atoms. The van der Waals surface area contributed by atoms with Crippen LogP contribution >= 0.6 is 27.7 Å². The topological polar surface area (TPSA) is 26.0 Å². The maximum absolute atomic E-state index is 5.82. The molecule has 0 aliphatic heterocycles. The lowest BCUT2D eigenvalue weighted by atomic mass is 10.2. The van der Waals surface area contributed by atoms with Crippen LogP contribution in [0.2, 0.25) is 0 Å². The molecule has 1 nitrogen and oxygen atoms in total. The monoisotopic (exact) mass is 287 g/mol. The predicted molar refractivity (Wildman–Crippen MR) is 74.2 cm³/mol. The van der Waals surface area contributed by atoms with Crippen molar-refractivity contribution in [3.8, 4) is 0 Å². The van der Waals surface area contributed by atoms with Gasteiger partial charge in [0, 0.05) is 15.9 Å². The van der Waals surface area contributed by atoms with Gasteiger partial charge in [0.05, 0.1) is 0 Å². The standard InChI is InChI=1S/C12H18BrNS/c1-3-9(2)7-15-8-10-4-5-11(13)12(14)6-10/h4-6,9H,3,7-8,14H2,1-2H3. The summed E-state index contributed by atoms with van der Waals surface area (Å²) in [4.78, 5) is 0. The summed E-state index contributed by atoms with van der Waals surface area (Å²) < 4.78 is 0.984. The Morgan fingerprint density at radius 2 is 2.20 bits per heavy atom. The second kappa shape index (κ2) is 6.44. The van der Waals surface area contributed by atoms with E-state index in [1.54, 1.807) is 0 Å². The summed E-state index contributed by atoms with van der Waals surface area (Å²) in [5.41, 5.74) is 7.96. The van der Waals surface area contributed by atoms with E-state index in [-0.39, 0.29) is 0 Å². The number of halogens is 1. The Labute approximate surface area is 105 Å². The van der Waals surface area contributed by atoms with Crippen molar-refractivity contribution in [2.75, 3.05) is 11.5 Å². The number of thioether (sulfide) groups is 1. The Balaban J connectivity index is 2.41. The Kier molecular flexibility index (Phi) is 5.54. The highest BCUT2D eigenvalue weighted by molar-refractivity contribution is 9.10. The van der Waals surface area contributed by atoms with Gasteiger partial charge >= 0.3 is 0 Å². The van der Waals surface area contributed by atoms with E-state index in [9.17, 15) is 0 Å². The van der Waals surface area contributed by atoms with Gasteiger partial charge in [-0.1, -0.05) is 26.3 Å². The maximum atomic E-state index is 5.82. The molecule has 1 aromatic rings. The molecule has 2 N–H and O–H groups in total. The first kappa shape index (κ1) is 12.9. The number of benzene rings is 1. The number of anilines is 1. The Morgan fingerprint density at radius 1 is 1.47 bits per heavy atom. The van der Waals surface area contributed by atoms with Crippen molar-refractivity contribution in [2.24, 2.45) is 5.92 Å². The molecule has 3 heteroatoms. The van der Waals surface area contributed by atoms with E-state index >= 15 is 0 Å². The summed E-state index contributed by atoms with van der Waals surface area (Å²) in [6.45, 7) is 4.53. The molecule has 0 radical (unpaired) electrons. The van der Waals surface area contributed by atoms with Gasteiger partial charge in [-0.05, 0) is 45.3 Å². The third kappa shape index (κ3) is 4.47. The largest absolute Gasteiger partial charge is 0.398 e. The van der Waals surface area contributed by atoms with Gasteiger partial charge in [0.2, 0.25) is 0 Å². The second-order valence-corrected chi connectivity index (χ2v) is 5.77. The van der Waals surface area contributed by atoms with Gasteiger partial charge in [-0.15, -0.1) is 0 Å². The molecule has 0 bridgehead atoms. The molecule has 0 heterocycles. The highest BCUT2D eigenvalue weighted by Gasteiger charge is 2.01. The molecular weight excluding hydrogens is 270 g/mol. The summed E-state index contributed by atoms with van der Waals surface area (Å²) in [6, 6.07) is 6.20. The van der Waals surface area contributed by atoms with Crippen molar-refractivity contribution < 1.29 is 0 Å². The van der Waals surface area contributed by atoms with Crippen LogP contribution in [-0.4, -0.2) is 5.75 Å². The van der Waals surface area contributed by atoms with Gasteiger partial charge < -0.3 is 5.73 Å². The lowest BCUT2D eigenvalue weighted by Gasteiger charge is -2.08. The van der Waals surface area contributed by atoms with Crippen LogP contribution in [0, 0.1) is 5.92 Å². The fraction of sp³-hybridized carbons (Fsp3) is 0.500. The minimum atomic E-state index is 0.808. The quantitative estimate of drug-likeness (QED) is 0.817. The molecule has 1 unspecified atom stereocenters. The van der Waals surface area contributed by atoms with Crippen LogP contribution in [0.15, 0.2) is 22.7 Å². The van der Waals surface area contributed by atoms with Gasteiger partial charge in [-0.2, -0.15) is 11.8 Å². The highest BCUT2D eigenvalue weighted by Crippen LogP contribution is 2.23.